The van der Waals surface area contributed by atoms with Gasteiger partial charge in [-0.25, -0.2) is 4.79 Å². The first kappa shape index (κ1) is 15.7. The lowest BCUT2D eigenvalue weighted by Crippen LogP contribution is -2.22. The Balaban J connectivity index is 2.15. The Labute approximate surface area is 140 Å². The van der Waals surface area contributed by atoms with E-state index in [1.807, 2.05) is 0 Å². The van der Waals surface area contributed by atoms with Crippen molar-refractivity contribution >= 4 is 27.6 Å². The maximum absolute atomic E-state index is 11.2. The Bertz CT molecular complexity index is 703. The molecule has 1 aromatic rings. The molecule has 0 saturated carbocycles. The van der Waals surface area contributed by atoms with Crippen LogP contribution in [0.2, 0.25) is 0 Å². The molecule has 1 N–H and O–H groups in total. The van der Waals surface area contributed by atoms with Gasteiger partial charge in [0.15, 0.2) is 23.3 Å². The van der Waals surface area contributed by atoms with Crippen molar-refractivity contribution < 1.29 is 33.7 Å². The highest BCUT2D eigenvalue weighted by Gasteiger charge is 2.42. The van der Waals surface area contributed by atoms with E-state index < -0.39 is 18.0 Å². The van der Waals surface area contributed by atoms with Crippen molar-refractivity contribution in [2.75, 3.05) is 21.0 Å². The van der Waals surface area contributed by atoms with Gasteiger partial charge in [-0.2, -0.15) is 0 Å². The minimum atomic E-state index is -1.12. The van der Waals surface area contributed by atoms with E-state index in [2.05, 4.69) is 21.1 Å². The van der Waals surface area contributed by atoms with Crippen LogP contribution in [0.4, 0.5) is 0 Å². The van der Waals surface area contributed by atoms with Gasteiger partial charge in [0.1, 0.15) is 0 Å². The highest BCUT2D eigenvalue weighted by atomic mass is 79.9. The largest absolute Gasteiger partial charge is 0.492 e. The van der Waals surface area contributed by atoms with Crippen LogP contribution in [0.5, 0.6) is 23.0 Å². The molecule has 8 nitrogen and oxygen atoms in total. The molecule has 3 rings (SSSR count). The maximum Gasteiger partial charge on any atom is 0.354 e. The summed E-state index contributed by atoms with van der Waals surface area (Å²) < 4.78 is 22.3. The summed E-state index contributed by atoms with van der Waals surface area (Å²) in [6.45, 7) is 1.75. The molecule has 9 heteroatoms. The Morgan fingerprint density at radius 1 is 1.26 bits per heavy atom. The van der Waals surface area contributed by atoms with E-state index in [0.29, 0.717) is 33.0 Å². The Kier molecular flexibility index (Phi) is 3.97. The number of hydrogen-bond acceptors (Lipinski definition) is 7. The van der Waals surface area contributed by atoms with E-state index >= 15 is 0 Å². The Hall–Kier alpha value is -2.16. The summed E-state index contributed by atoms with van der Waals surface area (Å²) in [5.74, 6) is 0.0226. The zero-order valence-corrected chi connectivity index (χ0v) is 14.2. The van der Waals surface area contributed by atoms with E-state index in [0.717, 1.165) is 0 Å². The third kappa shape index (κ3) is 2.26. The highest BCUT2D eigenvalue weighted by molar-refractivity contribution is 9.10. The van der Waals surface area contributed by atoms with E-state index in [9.17, 15) is 9.90 Å². The second-order valence-corrected chi connectivity index (χ2v) is 5.75. The molecule has 124 valence electrons. The number of nitrogens with zero attached hydrogens (tertiary/aromatic N) is 1. The van der Waals surface area contributed by atoms with Crippen molar-refractivity contribution in [3.63, 3.8) is 0 Å². The van der Waals surface area contributed by atoms with Crippen LogP contribution in [0.15, 0.2) is 9.63 Å². The van der Waals surface area contributed by atoms with Crippen molar-refractivity contribution in [2.24, 2.45) is 11.1 Å². The first-order valence-corrected chi connectivity index (χ1v) is 7.50. The predicted molar refractivity (Wildman–Crippen MR) is 81.4 cm³/mol. The number of ether oxygens (including phenoxy) is 4. The van der Waals surface area contributed by atoms with Gasteiger partial charge in [0.05, 0.1) is 30.2 Å². The van der Waals surface area contributed by atoms with Crippen LogP contribution in [-0.2, 0) is 9.63 Å². The SMILES string of the molecule is COc1c(Br)c([C@H]2ON=C(C(=O)O)[C@@H]2C)c(OC)c2c1OCO2. The molecule has 0 fully saturated rings. The van der Waals surface area contributed by atoms with Crippen molar-refractivity contribution in [3.05, 3.63) is 10.0 Å². The van der Waals surface area contributed by atoms with Crippen LogP contribution in [0.1, 0.15) is 18.6 Å². The van der Waals surface area contributed by atoms with Gasteiger partial charge in [-0.15, -0.1) is 0 Å². The molecule has 2 aliphatic heterocycles. The summed E-state index contributed by atoms with van der Waals surface area (Å²) in [6, 6.07) is 0. The van der Waals surface area contributed by atoms with Gasteiger partial charge in [0.2, 0.25) is 18.3 Å². The van der Waals surface area contributed by atoms with Gasteiger partial charge < -0.3 is 28.9 Å². The number of carboxylic acid groups (broad SMARTS) is 1. The minimum absolute atomic E-state index is 0.0376. The van der Waals surface area contributed by atoms with Gasteiger partial charge in [-0.05, 0) is 15.9 Å². The summed E-state index contributed by atoms with van der Waals surface area (Å²) >= 11 is 3.46. The highest BCUT2D eigenvalue weighted by Crippen LogP contribution is 2.57. The summed E-state index contributed by atoms with van der Waals surface area (Å²) in [4.78, 5) is 16.6. The molecule has 0 saturated heterocycles. The number of methoxy groups -OCH3 is 2. The fourth-order valence-electron chi connectivity index (χ4n) is 2.67. The molecule has 2 atom stereocenters. The van der Waals surface area contributed by atoms with E-state index in [1.165, 1.54) is 14.2 Å². The lowest BCUT2D eigenvalue weighted by Gasteiger charge is -2.21. The van der Waals surface area contributed by atoms with Crippen LogP contribution >= 0.6 is 15.9 Å². The molecule has 0 bridgehead atoms. The smallest absolute Gasteiger partial charge is 0.354 e. The van der Waals surface area contributed by atoms with Crippen LogP contribution in [0, 0.1) is 5.92 Å². The molecule has 0 radical (unpaired) electrons. The van der Waals surface area contributed by atoms with Gasteiger partial charge in [-0.1, -0.05) is 12.1 Å². The number of hydrogen-bond donors (Lipinski definition) is 1. The minimum Gasteiger partial charge on any atom is -0.492 e. The average molecular weight is 388 g/mol. The summed E-state index contributed by atoms with van der Waals surface area (Å²) in [5.41, 5.74) is 0.502. The number of aliphatic carboxylic acids is 1. The van der Waals surface area contributed by atoms with Gasteiger partial charge in [0.25, 0.3) is 0 Å². The summed E-state index contributed by atoms with van der Waals surface area (Å²) in [5, 5.41) is 12.8. The Morgan fingerprint density at radius 2 is 1.87 bits per heavy atom. The van der Waals surface area contributed by atoms with Crippen LogP contribution in [-0.4, -0.2) is 37.8 Å². The number of halogens is 1. The summed E-state index contributed by atoms with van der Waals surface area (Å²) in [6.07, 6.45) is -0.658. The number of oxime groups is 1. The molecule has 0 unspecified atom stereocenters. The second kappa shape index (κ2) is 5.80. The quantitative estimate of drug-likeness (QED) is 0.846. The molecule has 0 aromatic heterocycles. The van der Waals surface area contributed by atoms with Crippen molar-refractivity contribution in [3.8, 4) is 23.0 Å². The lowest BCUT2D eigenvalue weighted by atomic mass is 9.92. The van der Waals surface area contributed by atoms with Crippen molar-refractivity contribution in [1.82, 2.24) is 0 Å². The van der Waals surface area contributed by atoms with Gasteiger partial charge >= 0.3 is 5.97 Å². The first-order chi connectivity index (χ1) is 11.0. The second-order valence-electron chi connectivity index (χ2n) is 4.96. The summed E-state index contributed by atoms with van der Waals surface area (Å²) in [7, 11) is 2.98. The maximum atomic E-state index is 11.2. The lowest BCUT2D eigenvalue weighted by molar-refractivity contribution is -0.129. The first-order valence-electron chi connectivity index (χ1n) is 6.71. The number of fused-ring (bicyclic) bond motifs is 1. The molecule has 2 aliphatic rings. The van der Waals surface area contributed by atoms with Crippen LogP contribution < -0.4 is 18.9 Å². The third-order valence-corrected chi connectivity index (χ3v) is 4.55. The monoisotopic (exact) mass is 387 g/mol. The zero-order chi connectivity index (χ0) is 16.7. The van der Waals surface area contributed by atoms with Gasteiger partial charge in [0, 0.05) is 0 Å². The number of carboxylic acids is 1. The molecular formula is C14H14BrNO7. The van der Waals surface area contributed by atoms with Crippen molar-refractivity contribution in [2.45, 2.75) is 13.0 Å². The topological polar surface area (TPSA) is 95.8 Å². The van der Waals surface area contributed by atoms with E-state index in [4.69, 9.17) is 23.8 Å². The molecular weight excluding hydrogens is 374 g/mol. The third-order valence-electron chi connectivity index (χ3n) is 3.77. The van der Waals surface area contributed by atoms with Crippen LogP contribution in [0.25, 0.3) is 0 Å². The van der Waals surface area contributed by atoms with Crippen molar-refractivity contribution in [1.29, 1.82) is 0 Å². The molecule has 1 aromatic carbocycles. The normalized spacial score (nSPS) is 21.7. The number of benzene rings is 1. The average Bonchev–Trinajstić information content (AvgIpc) is 3.13. The van der Waals surface area contributed by atoms with Gasteiger partial charge in [-0.3, -0.25) is 0 Å². The fraction of sp³-hybridized carbons (Fsp3) is 0.429. The standard InChI is InChI=1S/C14H14BrNO7/c1-5-8(14(17)18)16-23-9(5)6-7(15)11(20-3)13-12(10(6)19-2)21-4-22-13/h5,9H,4H2,1-3H3,(H,17,18)/t5-,9-/m0/s1. The van der Waals surface area contributed by atoms with E-state index in [1.54, 1.807) is 6.92 Å². The predicted octanol–water partition coefficient (Wildman–Crippen LogP) is 2.34. The fourth-order valence-corrected chi connectivity index (χ4v) is 3.41. The number of carbonyl (C=O) groups is 1. The van der Waals surface area contributed by atoms with E-state index in [-0.39, 0.29) is 12.5 Å². The zero-order valence-electron chi connectivity index (χ0n) is 12.6. The molecule has 2 heterocycles. The van der Waals surface area contributed by atoms with Crippen LogP contribution in [0.3, 0.4) is 0 Å². The number of rotatable bonds is 4. The Morgan fingerprint density at radius 3 is 2.39 bits per heavy atom. The molecule has 0 amide bonds. The molecule has 0 aliphatic carbocycles. The molecule has 23 heavy (non-hydrogen) atoms. The molecule has 0 spiro atoms.